The van der Waals surface area contributed by atoms with E-state index in [1.54, 1.807) is 11.3 Å². The minimum Gasteiger partial charge on any atom is -0.293 e. The summed E-state index contributed by atoms with van der Waals surface area (Å²) in [7, 11) is 0. The number of fused-ring (bicyclic) bond motifs is 1. The molecule has 1 aromatic rings. The molecule has 2 aliphatic carbocycles. The summed E-state index contributed by atoms with van der Waals surface area (Å²) in [6, 6.07) is 0. The molecular formula is C14H19NOS. The Morgan fingerprint density at radius 1 is 1.24 bits per heavy atom. The number of aromatic nitrogens is 1. The van der Waals surface area contributed by atoms with E-state index in [-0.39, 0.29) is 5.41 Å². The monoisotopic (exact) mass is 249 g/mol. The zero-order valence-corrected chi connectivity index (χ0v) is 11.4. The van der Waals surface area contributed by atoms with Crippen LogP contribution in [0.15, 0.2) is 0 Å². The van der Waals surface area contributed by atoms with E-state index >= 15 is 0 Å². The van der Waals surface area contributed by atoms with Gasteiger partial charge in [-0.25, -0.2) is 4.98 Å². The highest BCUT2D eigenvalue weighted by Gasteiger charge is 2.35. The summed E-state index contributed by atoms with van der Waals surface area (Å²) in [6.07, 6.45) is 6.85. The lowest BCUT2D eigenvalue weighted by molar-refractivity contribution is 0.0916. The molecule has 0 unspecified atom stereocenters. The summed E-state index contributed by atoms with van der Waals surface area (Å²) in [5.41, 5.74) is 1.18. The van der Waals surface area contributed by atoms with Gasteiger partial charge >= 0.3 is 0 Å². The van der Waals surface area contributed by atoms with E-state index in [4.69, 9.17) is 4.98 Å². The molecule has 0 amide bonds. The number of ketones is 1. The van der Waals surface area contributed by atoms with Crippen molar-refractivity contribution in [2.24, 2.45) is 5.41 Å². The number of nitrogens with zero attached hydrogens (tertiary/aromatic N) is 1. The van der Waals surface area contributed by atoms with Gasteiger partial charge in [0.15, 0.2) is 5.78 Å². The van der Waals surface area contributed by atoms with Crippen LogP contribution in [0.1, 0.15) is 72.2 Å². The lowest BCUT2D eigenvalue weighted by Crippen LogP contribution is -2.26. The van der Waals surface area contributed by atoms with Crippen LogP contribution in [0.4, 0.5) is 0 Å². The third-order valence-corrected chi connectivity index (χ3v) is 5.26. The van der Waals surface area contributed by atoms with Gasteiger partial charge in [-0.2, -0.15) is 0 Å². The molecule has 0 aromatic carbocycles. The second-order valence-corrected chi connectivity index (χ2v) is 7.28. The molecule has 0 atom stereocenters. The molecule has 0 aliphatic heterocycles. The molecule has 0 N–H and O–H groups in total. The van der Waals surface area contributed by atoms with Crippen LogP contribution >= 0.6 is 11.3 Å². The van der Waals surface area contributed by atoms with Gasteiger partial charge in [-0.15, -0.1) is 11.3 Å². The average Bonchev–Trinajstić information content (AvgIpc) is 2.81. The molecule has 3 rings (SSSR count). The molecule has 2 aliphatic rings. The normalized spacial score (nSPS) is 24.0. The molecule has 0 bridgehead atoms. The first-order chi connectivity index (χ1) is 8.05. The fraction of sp³-hybridized carbons (Fsp3) is 0.714. The minimum absolute atomic E-state index is 0.102. The molecule has 1 heterocycles. The van der Waals surface area contributed by atoms with Gasteiger partial charge in [0.05, 0.1) is 15.6 Å². The summed E-state index contributed by atoms with van der Waals surface area (Å²) >= 11 is 1.68. The summed E-state index contributed by atoms with van der Waals surface area (Å²) in [5.74, 6) is 0.958. The fourth-order valence-corrected chi connectivity index (χ4v) is 4.27. The van der Waals surface area contributed by atoms with Crippen LogP contribution in [-0.4, -0.2) is 10.8 Å². The molecule has 17 heavy (non-hydrogen) atoms. The zero-order chi connectivity index (χ0) is 12.0. The summed E-state index contributed by atoms with van der Waals surface area (Å²) in [5, 5.41) is 1.23. The number of hydrogen-bond donors (Lipinski definition) is 0. The van der Waals surface area contributed by atoms with Gasteiger partial charge in [0, 0.05) is 12.3 Å². The van der Waals surface area contributed by atoms with Crippen LogP contribution < -0.4 is 0 Å². The number of carbonyl (C=O) groups excluding carboxylic acids is 1. The van der Waals surface area contributed by atoms with E-state index in [2.05, 4.69) is 13.8 Å². The van der Waals surface area contributed by atoms with Crippen LogP contribution in [0.5, 0.6) is 0 Å². The Morgan fingerprint density at radius 3 is 2.65 bits per heavy atom. The molecular weight excluding hydrogens is 230 g/mol. The van der Waals surface area contributed by atoms with Crippen molar-refractivity contribution in [3.63, 3.8) is 0 Å². The van der Waals surface area contributed by atoms with Gasteiger partial charge in [0.25, 0.3) is 0 Å². The standard InChI is InChI=1S/C14H19NOS/c1-14(2)7-10-12(11(16)8-14)17-13(15-10)9-5-3-4-6-9/h9H,3-8H2,1-2H3. The van der Waals surface area contributed by atoms with Crippen molar-refractivity contribution in [3.8, 4) is 0 Å². The first-order valence-electron chi connectivity index (χ1n) is 6.58. The van der Waals surface area contributed by atoms with Crippen LogP contribution in [-0.2, 0) is 6.42 Å². The van der Waals surface area contributed by atoms with Crippen LogP contribution in [0, 0.1) is 5.41 Å². The molecule has 92 valence electrons. The smallest absolute Gasteiger partial charge is 0.175 e. The maximum absolute atomic E-state index is 12.1. The fourth-order valence-electron chi connectivity index (χ4n) is 3.09. The molecule has 1 saturated carbocycles. The van der Waals surface area contributed by atoms with Gasteiger partial charge < -0.3 is 0 Å². The molecule has 0 saturated heterocycles. The Morgan fingerprint density at radius 2 is 1.94 bits per heavy atom. The summed E-state index contributed by atoms with van der Waals surface area (Å²) in [4.78, 5) is 17.8. The van der Waals surface area contributed by atoms with Crippen molar-refractivity contribution < 1.29 is 4.79 Å². The SMILES string of the molecule is CC1(C)CC(=O)c2sc(C3CCCC3)nc2C1. The maximum Gasteiger partial charge on any atom is 0.175 e. The van der Waals surface area contributed by atoms with Gasteiger partial charge in [0.1, 0.15) is 0 Å². The quantitative estimate of drug-likeness (QED) is 0.754. The molecule has 2 nitrogen and oxygen atoms in total. The third kappa shape index (κ3) is 2.05. The van der Waals surface area contributed by atoms with Crippen molar-refractivity contribution in [3.05, 3.63) is 15.6 Å². The number of carbonyl (C=O) groups is 1. The van der Waals surface area contributed by atoms with Gasteiger partial charge in [-0.3, -0.25) is 4.79 Å². The first-order valence-corrected chi connectivity index (χ1v) is 7.40. The maximum atomic E-state index is 12.1. The second kappa shape index (κ2) is 3.91. The summed E-state index contributed by atoms with van der Waals surface area (Å²) < 4.78 is 0. The largest absolute Gasteiger partial charge is 0.293 e. The van der Waals surface area contributed by atoms with Crippen LogP contribution in [0.25, 0.3) is 0 Å². The number of Topliss-reactive ketones (excluding diaryl/α,β-unsaturated/α-hetero) is 1. The topological polar surface area (TPSA) is 30.0 Å². The number of thiazole rings is 1. The van der Waals surface area contributed by atoms with E-state index < -0.39 is 0 Å². The second-order valence-electron chi connectivity index (χ2n) is 6.25. The van der Waals surface area contributed by atoms with Crippen molar-refractivity contribution in [1.82, 2.24) is 4.98 Å². The zero-order valence-electron chi connectivity index (χ0n) is 10.6. The Labute approximate surface area is 106 Å². The first kappa shape index (κ1) is 11.4. The number of hydrogen-bond acceptors (Lipinski definition) is 3. The Balaban J connectivity index is 1.94. The van der Waals surface area contributed by atoms with Crippen molar-refractivity contribution in [1.29, 1.82) is 0 Å². The average molecular weight is 249 g/mol. The highest BCUT2D eigenvalue weighted by atomic mass is 32.1. The van der Waals surface area contributed by atoms with Gasteiger partial charge in [-0.1, -0.05) is 26.7 Å². The van der Waals surface area contributed by atoms with Crippen LogP contribution in [0.2, 0.25) is 0 Å². The van der Waals surface area contributed by atoms with E-state index in [0.717, 1.165) is 17.0 Å². The van der Waals surface area contributed by atoms with Gasteiger partial charge in [-0.05, 0) is 24.7 Å². The Kier molecular flexibility index (Phi) is 2.62. The lowest BCUT2D eigenvalue weighted by atomic mass is 9.78. The van der Waals surface area contributed by atoms with Crippen molar-refractivity contribution in [2.45, 2.75) is 58.3 Å². The predicted octanol–water partition coefficient (Wildman–Crippen LogP) is 3.96. The summed E-state index contributed by atoms with van der Waals surface area (Å²) in [6.45, 7) is 4.34. The number of rotatable bonds is 1. The Bertz CT molecular complexity index is 455. The van der Waals surface area contributed by atoms with Crippen molar-refractivity contribution >= 4 is 17.1 Å². The molecule has 3 heteroatoms. The minimum atomic E-state index is 0.102. The van der Waals surface area contributed by atoms with E-state index in [0.29, 0.717) is 18.1 Å². The van der Waals surface area contributed by atoms with E-state index in [1.807, 2.05) is 0 Å². The Hall–Kier alpha value is -0.700. The highest BCUT2D eigenvalue weighted by Crippen LogP contribution is 2.42. The lowest BCUT2D eigenvalue weighted by Gasteiger charge is -2.26. The van der Waals surface area contributed by atoms with Crippen LogP contribution in [0.3, 0.4) is 0 Å². The van der Waals surface area contributed by atoms with Gasteiger partial charge in [0.2, 0.25) is 0 Å². The molecule has 1 fully saturated rings. The highest BCUT2D eigenvalue weighted by molar-refractivity contribution is 7.14. The van der Waals surface area contributed by atoms with E-state index in [9.17, 15) is 4.79 Å². The molecule has 0 spiro atoms. The molecule has 0 radical (unpaired) electrons. The molecule has 1 aromatic heterocycles. The van der Waals surface area contributed by atoms with E-state index in [1.165, 1.54) is 30.7 Å². The predicted molar refractivity (Wildman–Crippen MR) is 69.8 cm³/mol. The van der Waals surface area contributed by atoms with Crippen molar-refractivity contribution in [2.75, 3.05) is 0 Å². The third-order valence-electron chi connectivity index (χ3n) is 3.96.